The van der Waals surface area contributed by atoms with Crippen molar-refractivity contribution in [3.63, 3.8) is 0 Å². The van der Waals surface area contributed by atoms with Crippen molar-refractivity contribution in [2.45, 2.75) is 25.4 Å². The van der Waals surface area contributed by atoms with Gasteiger partial charge < -0.3 is 15.3 Å². The number of carbonyl (C=O) groups is 1. The highest BCUT2D eigenvalue weighted by molar-refractivity contribution is 7.11. The molecular formula is C13H19F3N4O2S. The van der Waals surface area contributed by atoms with Crippen LogP contribution in [0.3, 0.4) is 0 Å². The van der Waals surface area contributed by atoms with E-state index in [0.29, 0.717) is 24.4 Å². The van der Waals surface area contributed by atoms with Gasteiger partial charge in [0.15, 0.2) is 0 Å². The van der Waals surface area contributed by atoms with Crippen LogP contribution in [0.15, 0.2) is 0 Å². The number of alkyl halides is 3. The summed E-state index contributed by atoms with van der Waals surface area (Å²) in [5.74, 6) is -0.247. The number of β-amino-alcohol motifs (C(OH)–C–C–N with tert-alkyl or cyclic N) is 1. The monoisotopic (exact) mass is 352 g/mol. The average Bonchev–Trinajstić information content (AvgIpc) is 2.97. The molecule has 1 aromatic rings. The van der Waals surface area contributed by atoms with Crippen molar-refractivity contribution >= 4 is 17.2 Å². The summed E-state index contributed by atoms with van der Waals surface area (Å²) in [5, 5.41) is 17.6. The lowest BCUT2D eigenvalue weighted by atomic mass is 9.97. The summed E-state index contributed by atoms with van der Waals surface area (Å²) < 4.78 is 37.2. The van der Waals surface area contributed by atoms with Crippen molar-refractivity contribution in [2.24, 2.45) is 5.92 Å². The molecule has 1 aromatic heterocycles. The number of rotatable bonds is 6. The molecule has 1 fully saturated rings. The van der Waals surface area contributed by atoms with Crippen molar-refractivity contribution in [1.29, 1.82) is 0 Å². The summed E-state index contributed by atoms with van der Waals surface area (Å²) in [5.41, 5.74) is 0. The van der Waals surface area contributed by atoms with Crippen LogP contribution in [0, 0.1) is 5.92 Å². The topological polar surface area (TPSA) is 78.4 Å². The molecule has 1 aliphatic rings. The van der Waals surface area contributed by atoms with Crippen LogP contribution in [0.2, 0.25) is 0 Å². The Bertz CT molecular complexity index is 522. The van der Waals surface area contributed by atoms with Gasteiger partial charge in [0.1, 0.15) is 5.01 Å². The molecule has 0 saturated carbocycles. The number of aliphatic hydroxyl groups is 1. The van der Waals surface area contributed by atoms with Crippen LogP contribution in [-0.2, 0) is 17.4 Å². The molecule has 1 aliphatic heterocycles. The highest BCUT2D eigenvalue weighted by Crippen LogP contribution is 2.31. The predicted octanol–water partition coefficient (Wildman–Crippen LogP) is 0.920. The number of piperidine rings is 1. The second kappa shape index (κ2) is 8.02. The Morgan fingerprint density at radius 3 is 2.87 bits per heavy atom. The fraction of sp³-hybridized carbons (Fsp3) is 0.769. The molecule has 2 rings (SSSR count). The van der Waals surface area contributed by atoms with Gasteiger partial charge in [0.25, 0.3) is 0 Å². The summed E-state index contributed by atoms with van der Waals surface area (Å²) in [6.45, 7) is 2.32. The molecule has 1 atom stereocenters. The van der Waals surface area contributed by atoms with E-state index in [1.54, 1.807) is 0 Å². The van der Waals surface area contributed by atoms with Crippen molar-refractivity contribution in [3.05, 3.63) is 10.0 Å². The number of carbonyl (C=O) groups excluding carboxylic acids is 1. The molecule has 0 aromatic carbocycles. The number of aromatic nitrogens is 2. The van der Waals surface area contributed by atoms with Crippen molar-refractivity contribution < 1.29 is 23.1 Å². The number of hydrogen-bond acceptors (Lipinski definition) is 6. The molecule has 0 unspecified atom stereocenters. The lowest BCUT2D eigenvalue weighted by Crippen LogP contribution is -2.44. The Labute approximate surface area is 135 Å². The fourth-order valence-electron chi connectivity index (χ4n) is 2.52. The van der Waals surface area contributed by atoms with Gasteiger partial charge in [-0.15, -0.1) is 10.2 Å². The van der Waals surface area contributed by atoms with Crippen LogP contribution in [0.25, 0.3) is 0 Å². The van der Waals surface area contributed by atoms with Crippen LogP contribution < -0.4 is 5.32 Å². The third-order valence-electron chi connectivity index (χ3n) is 3.64. The number of aliphatic hydroxyl groups excluding tert-OH is 1. The maximum absolute atomic E-state index is 12.4. The Balaban J connectivity index is 1.75. The summed E-state index contributed by atoms with van der Waals surface area (Å²) in [6.07, 6.45) is -2.57. The minimum atomic E-state index is -4.47. The minimum Gasteiger partial charge on any atom is -0.395 e. The molecule has 130 valence electrons. The van der Waals surface area contributed by atoms with E-state index >= 15 is 0 Å². The molecule has 2 N–H and O–H groups in total. The smallest absolute Gasteiger partial charge is 0.395 e. The van der Waals surface area contributed by atoms with E-state index in [1.807, 2.05) is 4.90 Å². The lowest BCUT2D eigenvalue weighted by molar-refractivity contribution is -0.138. The normalized spacial score (nSPS) is 19.7. The molecule has 0 bridgehead atoms. The van der Waals surface area contributed by atoms with Gasteiger partial charge >= 0.3 is 6.18 Å². The summed E-state index contributed by atoms with van der Waals surface area (Å²) in [4.78, 5) is 14.1. The molecule has 10 heteroatoms. The summed E-state index contributed by atoms with van der Waals surface area (Å²) in [6, 6.07) is 0. The van der Waals surface area contributed by atoms with Gasteiger partial charge in [0.05, 0.1) is 12.5 Å². The molecule has 1 amide bonds. The molecule has 1 saturated heterocycles. The van der Waals surface area contributed by atoms with Crippen LogP contribution in [0.5, 0.6) is 0 Å². The first-order chi connectivity index (χ1) is 10.9. The third-order valence-corrected chi connectivity index (χ3v) is 4.67. The molecule has 2 heterocycles. The SMILES string of the molecule is O=C(NCCc1nnc(C(F)(F)F)s1)[C@H]1CCCN(CCO)C1. The number of hydrogen-bond donors (Lipinski definition) is 2. The van der Waals surface area contributed by atoms with Gasteiger partial charge in [-0.25, -0.2) is 0 Å². The van der Waals surface area contributed by atoms with Crippen LogP contribution in [-0.4, -0.2) is 58.9 Å². The first-order valence-corrected chi connectivity index (χ1v) is 8.22. The van der Waals surface area contributed by atoms with E-state index in [2.05, 4.69) is 15.5 Å². The van der Waals surface area contributed by atoms with Gasteiger partial charge in [0, 0.05) is 26.1 Å². The van der Waals surface area contributed by atoms with Crippen molar-refractivity contribution in [1.82, 2.24) is 20.4 Å². The van der Waals surface area contributed by atoms with Crippen molar-refractivity contribution in [3.8, 4) is 0 Å². The van der Waals surface area contributed by atoms with E-state index in [1.165, 1.54) is 0 Å². The average molecular weight is 352 g/mol. The van der Waals surface area contributed by atoms with E-state index in [9.17, 15) is 18.0 Å². The highest BCUT2D eigenvalue weighted by atomic mass is 32.1. The van der Waals surface area contributed by atoms with Gasteiger partial charge in [-0.3, -0.25) is 4.79 Å². The Morgan fingerprint density at radius 1 is 1.43 bits per heavy atom. The second-order valence-electron chi connectivity index (χ2n) is 5.40. The zero-order valence-corrected chi connectivity index (χ0v) is 13.3. The Hall–Kier alpha value is -1.26. The number of nitrogens with one attached hydrogen (secondary N) is 1. The molecule has 0 radical (unpaired) electrons. The molecule has 0 spiro atoms. The molecular weight excluding hydrogens is 333 g/mol. The highest BCUT2D eigenvalue weighted by Gasteiger charge is 2.35. The van der Waals surface area contributed by atoms with E-state index in [0.717, 1.165) is 19.4 Å². The number of amides is 1. The molecule has 0 aliphatic carbocycles. The van der Waals surface area contributed by atoms with Crippen LogP contribution in [0.4, 0.5) is 13.2 Å². The van der Waals surface area contributed by atoms with Gasteiger partial charge in [-0.05, 0) is 19.4 Å². The largest absolute Gasteiger partial charge is 0.445 e. The minimum absolute atomic E-state index is 0.0624. The fourth-order valence-corrected chi connectivity index (χ4v) is 3.23. The summed E-state index contributed by atoms with van der Waals surface area (Å²) >= 11 is 0.500. The Kier molecular flexibility index (Phi) is 6.31. The number of nitrogens with zero attached hydrogens (tertiary/aromatic N) is 3. The predicted molar refractivity (Wildman–Crippen MR) is 77.9 cm³/mol. The number of halogens is 3. The molecule has 23 heavy (non-hydrogen) atoms. The molecule has 6 nitrogen and oxygen atoms in total. The summed E-state index contributed by atoms with van der Waals surface area (Å²) in [7, 11) is 0. The maximum Gasteiger partial charge on any atom is 0.445 e. The van der Waals surface area contributed by atoms with E-state index < -0.39 is 11.2 Å². The maximum atomic E-state index is 12.4. The zero-order valence-electron chi connectivity index (χ0n) is 12.5. The third kappa shape index (κ3) is 5.40. The van der Waals surface area contributed by atoms with Gasteiger partial charge in [-0.2, -0.15) is 13.2 Å². The zero-order chi connectivity index (χ0) is 16.9. The van der Waals surface area contributed by atoms with E-state index in [4.69, 9.17) is 5.11 Å². The lowest BCUT2D eigenvalue weighted by Gasteiger charge is -2.31. The van der Waals surface area contributed by atoms with Crippen LogP contribution in [0.1, 0.15) is 22.9 Å². The Morgan fingerprint density at radius 2 is 2.22 bits per heavy atom. The van der Waals surface area contributed by atoms with Crippen LogP contribution >= 0.6 is 11.3 Å². The standard InChI is InChI=1S/C13H19F3N4O2S/c14-13(15,16)12-19-18-10(23-12)3-4-17-11(22)9-2-1-5-20(8-9)6-7-21/h9,21H,1-8H2,(H,17,22)/t9-/m0/s1. The first kappa shape index (κ1) is 18.1. The number of likely N-dealkylation sites (tertiary alicyclic amines) is 1. The second-order valence-corrected chi connectivity index (χ2v) is 6.47. The van der Waals surface area contributed by atoms with Gasteiger partial charge in [0.2, 0.25) is 10.9 Å². The quantitative estimate of drug-likeness (QED) is 0.796. The van der Waals surface area contributed by atoms with Crippen molar-refractivity contribution in [2.75, 3.05) is 32.8 Å². The first-order valence-electron chi connectivity index (χ1n) is 7.40. The van der Waals surface area contributed by atoms with E-state index in [-0.39, 0.29) is 36.4 Å². The van der Waals surface area contributed by atoms with Gasteiger partial charge in [-0.1, -0.05) is 11.3 Å².